The van der Waals surface area contributed by atoms with Crippen molar-refractivity contribution in [3.8, 4) is 0 Å². The summed E-state index contributed by atoms with van der Waals surface area (Å²) in [6.07, 6.45) is 0. The monoisotopic (exact) mass is 285 g/mol. The summed E-state index contributed by atoms with van der Waals surface area (Å²) in [7, 11) is 0. The minimum atomic E-state index is -0.256. The molecule has 2 aromatic carbocycles. The summed E-state index contributed by atoms with van der Waals surface area (Å²) < 4.78 is 13.3. The van der Waals surface area contributed by atoms with E-state index >= 15 is 0 Å². The van der Waals surface area contributed by atoms with Gasteiger partial charge >= 0.3 is 0 Å². The third-order valence-electron chi connectivity index (χ3n) is 3.56. The van der Waals surface area contributed by atoms with Gasteiger partial charge in [0.2, 0.25) is 0 Å². The zero-order valence-corrected chi connectivity index (χ0v) is 12.4. The van der Waals surface area contributed by atoms with E-state index in [2.05, 4.69) is 0 Å². The molecular weight excluding hydrogens is 265 g/mol. The molecule has 2 nitrogen and oxygen atoms in total. The van der Waals surface area contributed by atoms with E-state index in [0.29, 0.717) is 6.54 Å². The van der Waals surface area contributed by atoms with Crippen LogP contribution in [0, 0.1) is 11.7 Å². The molecule has 0 radical (unpaired) electrons. The molecule has 2 aromatic rings. The number of hydrogen-bond acceptors (Lipinski definition) is 2. The normalized spacial score (nSPS) is 12.0. The molecule has 21 heavy (non-hydrogen) atoms. The first-order chi connectivity index (χ1) is 10.1. The topological polar surface area (TPSA) is 20.3 Å². The van der Waals surface area contributed by atoms with Crippen LogP contribution in [0.4, 0.5) is 10.1 Å². The van der Waals surface area contributed by atoms with Crippen LogP contribution in [-0.2, 0) is 0 Å². The Morgan fingerprint density at radius 1 is 1.14 bits per heavy atom. The molecule has 0 aromatic heterocycles. The number of anilines is 1. The summed E-state index contributed by atoms with van der Waals surface area (Å²) >= 11 is 0. The average molecular weight is 285 g/mol. The van der Waals surface area contributed by atoms with Crippen LogP contribution in [0.3, 0.4) is 0 Å². The van der Waals surface area contributed by atoms with Crippen LogP contribution in [0.15, 0.2) is 54.6 Å². The van der Waals surface area contributed by atoms with Crippen LogP contribution >= 0.6 is 0 Å². The Balaban J connectivity index is 2.10. The second-order valence-corrected chi connectivity index (χ2v) is 5.15. The fourth-order valence-electron chi connectivity index (χ4n) is 2.39. The highest BCUT2D eigenvalue weighted by Crippen LogP contribution is 2.18. The summed E-state index contributed by atoms with van der Waals surface area (Å²) in [4.78, 5) is 14.4. The molecule has 0 amide bonds. The van der Waals surface area contributed by atoms with Crippen molar-refractivity contribution in [2.75, 3.05) is 18.0 Å². The number of benzene rings is 2. The molecule has 0 heterocycles. The molecule has 1 atom stereocenters. The van der Waals surface area contributed by atoms with Gasteiger partial charge in [0.05, 0.1) is 0 Å². The highest BCUT2D eigenvalue weighted by molar-refractivity contribution is 5.97. The first kappa shape index (κ1) is 15.2. The minimum absolute atomic E-state index is 0.116. The van der Waals surface area contributed by atoms with E-state index in [1.54, 1.807) is 6.07 Å². The summed E-state index contributed by atoms with van der Waals surface area (Å²) in [5.41, 5.74) is 1.53. The van der Waals surface area contributed by atoms with Crippen molar-refractivity contribution in [3.63, 3.8) is 0 Å². The molecule has 3 heteroatoms. The molecule has 0 N–H and O–H groups in total. The molecule has 0 aliphatic heterocycles. The molecule has 0 saturated carbocycles. The van der Waals surface area contributed by atoms with Crippen LogP contribution in [-0.4, -0.2) is 18.9 Å². The van der Waals surface area contributed by atoms with E-state index in [1.807, 2.05) is 55.1 Å². The number of halogens is 1. The van der Waals surface area contributed by atoms with Crippen LogP contribution in [0.1, 0.15) is 24.2 Å². The molecule has 0 aliphatic carbocycles. The number of rotatable bonds is 6. The van der Waals surface area contributed by atoms with E-state index in [0.717, 1.165) is 17.8 Å². The quantitative estimate of drug-likeness (QED) is 0.742. The third kappa shape index (κ3) is 3.91. The van der Waals surface area contributed by atoms with Crippen molar-refractivity contribution < 1.29 is 9.18 Å². The number of carbonyl (C=O) groups excluding carboxylic acids is 1. The smallest absolute Gasteiger partial charge is 0.167 e. The Morgan fingerprint density at radius 2 is 1.86 bits per heavy atom. The first-order valence-electron chi connectivity index (χ1n) is 7.21. The van der Waals surface area contributed by atoms with E-state index in [9.17, 15) is 9.18 Å². The van der Waals surface area contributed by atoms with Gasteiger partial charge < -0.3 is 4.90 Å². The predicted molar refractivity (Wildman–Crippen MR) is 84.2 cm³/mol. The van der Waals surface area contributed by atoms with Crippen molar-refractivity contribution in [2.24, 2.45) is 5.92 Å². The van der Waals surface area contributed by atoms with Crippen molar-refractivity contribution in [2.45, 2.75) is 13.8 Å². The van der Waals surface area contributed by atoms with Crippen molar-refractivity contribution >= 4 is 11.5 Å². The van der Waals surface area contributed by atoms with Crippen LogP contribution in [0.5, 0.6) is 0 Å². The lowest BCUT2D eigenvalue weighted by atomic mass is 9.98. The number of carbonyl (C=O) groups is 1. The highest BCUT2D eigenvalue weighted by Gasteiger charge is 2.18. The Labute approximate surface area is 125 Å². The van der Waals surface area contributed by atoms with Gasteiger partial charge in [-0.15, -0.1) is 0 Å². The van der Waals surface area contributed by atoms with Gasteiger partial charge in [0.25, 0.3) is 0 Å². The number of ketones is 1. The van der Waals surface area contributed by atoms with E-state index < -0.39 is 0 Å². The van der Waals surface area contributed by atoms with Gasteiger partial charge in [0.15, 0.2) is 5.78 Å². The number of nitrogens with zero attached hydrogens (tertiary/aromatic N) is 1. The van der Waals surface area contributed by atoms with Gasteiger partial charge in [-0.2, -0.15) is 0 Å². The molecule has 0 aliphatic rings. The van der Waals surface area contributed by atoms with Crippen molar-refractivity contribution in [1.82, 2.24) is 0 Å². The summed E-state index contributed by atoms with van der Waals surface area (Å²) in [6, 6.07) is 15.8. The Hall–Kier alpha value is -2.16. The van der Waals surface area contributed by atoms with Crippen molar-refractivity contribution in [1.29, 1.82) is 0 Å². The average Bonchev–Trinajstić information content (AvgIpc) is 2.52. The SMILES string of the molecule is CCN(CC(C)C(=O)c1ccccc1)c1cccc(F)c1. The van der Waals surface area contributed by atoms with E-state index in [-0.39, 0.29) is 17.5 Å². The molecule has 0 bridgehead atoms. The van der Waals surface area contributed by atoms with Gasteiger partial charge in [-0.3, -0.25) is 4.79 Å². The maximum absolute atomic E-state index is 13.3. The lowest BCUT2D eigenvalue weighted by molar-refractivity contribution is 0.0933. The Morgan fingerprint density at radius 3 is 2.48 bits per heavy atom. The van der Waals surface area contributed by atoms with Crippen LogP contribution in [0.2, 0.25) is 0 Å². The van der Waals surface area contributed by atoms with Crippen LogP contribution < -0.4 is 4.90 Å². The molecule has 0 saturated heterocycles. The molecule has 0 spiro atoms. The molecule has 1 unspecified atom stereocenters. The van der Waals surface area contributed by atoms with Crippen molar-refractivity contribution in [3.05, 3.63) is 66.0 Å². The Kier molecular flexibility index (Phi) is 5.09. The van der Waals surface area contributed by atoms with Gasteiger partial charge in [-0.1, -0.05) is 43.3 Å². The van der Waals surface area contributed by atoms with E-state index in [4.69, 9.17) is 0 Å². The van der Waals surface area contributed by atoms with Gasteiger partial charge in [-0.25, -0.2) is 4.39 Å². The lowest BCUT2D eigenvalue weighted by Gasteiger charge is -2.26. The number of Topliss-reactive ketones (excluding diaryl/α,β-unsaturated/α-hetero) is 1. The molecule has 0 fully saturated rings. The second-order valence-electron chi connectivity index (χ2n) is 5.15. The van der Waals surface area contributed by atoms with Gasteiger partial charge in [0.1, 0.15) is 5.82 Å². The lowest BCUT2D eigenvalue weighted by Crippen LogP contribution is -2.31. The minimum Gasteiger partial charge on any atom is -0.371 e. The first-order valence-corrected chi connectivity index (χ1v) is 7.21. The highest BCUT2D eigenvalue weighted by atomic mass is 19.1. The standard InChI is InChI=1S/C18H20FNO/c1-3-20(17-11-7-10-16(19)12-17)13-14(2)18(21)15-8-5-4-6-9-15/h4-12,14H,3,13H2,1-2H3. The zero-order chi connectivity index (χ0) is 15.2. The van der Waals surface area contributed by atoms with Gasteiger partial charge in [0, 0.05) is 30.3 Å². The third-order valence-corrected chi connectivity index (χ3v) is 3.56. The summed E-state index contributed by atoms with van der Waals surface area (Å²) in [5.74, 6) is -0.283. The van der Waals surface area contributed by atoms with Crippen LogP contribution in [0.25, 0.3) is 0 Å². The predicted octanol–water partition coefficient (Wildman–Crippen LogP) is 4.17. The fourth-order valence-corrected chi connectivity index (χ4v) is 2.39. The maximum Gasteiger partial charge on any atom is 0.167 e. The summed E-state index contributed by atoms with van der Waals surface area (Å²) in [6.45, 7) is 5.23. The summed E-state index contributed by atoms with van der Waals surface area (Å²) in [5, 5.41) is 0. The zero-order valence-electron chi connectivity index (χ0n) is 12.4. The molecule has 110 valence electrons. The largest absolute Gasteiger partial charge is 0.371 e. The number of hydrogen-bond donors (Lipinski definition) is 0. The molecular formula is C18H20FNO. The van der Waals surface area contributed by atoms with E-state index in [1.165, 1.54) is 12.1 Å². The maximum atomic E-state index is 13.3. The van der Waals surface area contributed by atoms with Gasteiger partial charge in [-0.05, 0) is 25.1 Å². The fraction of sp³-hybridized carbons (Fsp3) is 0.278. The second kappa shape index (κ2) is 7.02. The Bertz CT molecular complexity index is 597. The molecule has 2 rings (SSSR count).